The molecule has 0 aliphatic heterocycles. The van der Waals surface area contributed by atoms with Crippen molar-refractivity contribution in [1.82, 2.24) is 4.57 Å². The Kier molecular flexibility index (Phi) is 7.58. The molecule has 33 heavy (non-hydrogen) atoms. The second-order valence-electron chi connectivity index (χ2n) is 7.94. The number of hydrogen-bond donors (Lipinski definition) is 0. The molecule has 1 saturated carbocycles. The number of ether oxygens (including phenoxy) is 2. The normalized spacial score (nSPS) is 13.4. The monoisotopic (exact) mass is 481 g/mol. The molecule has 1 aromatic heterocycles. The highest BCUT2D eigenvalue weighted by Crippen LogP contribution is 2.34. The third-order valence-electron chi connectivity index (χ3n) is 5.78. The van der Waals surface area contributed by atoms with E-state index in [1.54, 1.807) is 31.4 Å². The van der Waals surface area contributed by atoms with Crippen molar-refractivity contribution >= 4 is 39.3 Å². The van der Waals surface area contributed by atoms with Gasteiger partial charge in [0, 0.05) is 33.7 Å². The number of fused-ring (bicyclic) bond motifs is 1. The predicted octanol–water partition coefficient (Wildman–Crippen LogP) is 8.28. The maximum atomic E-state index is 10.6. The lowest BCUT2D eigenvalue weighted by atomic mass is 10.2. The minimum atomic E-state index is -0.451. The van der Waals surface area contributed by atoms with Crippen molar-refractivity contribution in [2.75, 3.05) is 7.11 Å². The first-order chi connectivity index (χ1) is 16.0. The number of methoxy groups -OCH3 is 1. The summed E-state index contributed by atoms with van der Waals surface area (Å²) in [7, 11) is 1.57. The van der Waals surface area contributed by atoms with Gasteiger partial charge in [-0.2, -0.15) is 0 Å². The summed E-state index contributed by atoms with van der Waals surface area (Å²) in [5.74, 6) is 2.38. The molecule has 0 atom stereocenters. The van der Waals surface area contributed by atoms with Crippen LogP contribution in [0.15, 0.2) is 79.0 Å². The zero-order chi connectivity index (χ0) is 23.2. The van der Waals surface area contributed by atoms with Crippen molar-refractivity contribution in [2.45, 2.75) is 31.7 Å². The number of hydrogen-bond acceptors (Lipinski definition) is 3. The van der Waals surface area contributed by atoms with Crippen molar-refractivity contribution in [2.24, 2.45) is 0 Å². The molecule has 0 saturated heterocycles. The fourth-order valence-electron chi connectivity index (χ4n) is 4.07. The van der Waals surface area contributed by atoms with E-state index in [2.05, 4.69) is 29.0 Å². The number of nitrogens with zero attached hydrogens (tertiary/aromatic N) is 1. The largest absolute Gasteiger partial charge is 0.497 e. The van der Waals surface area contributed by atoms with E-state index in [0.29, 0.717) is 17.4 Å². The van der Waals surface area contributed by atoms with Crippen LogP contribution in [0.1, 0.15) is 42.1 Å². The van der Waals surface area contributed by atoms with Gasteiger partial charge in [-0.3, -0.25) is 4.79 Å². The van der Waals surface area contributed by atoms with Gasteiger partial charge in [0.15, 0.2) is 0 Å². The van der Waals surface area contributed by atoms with Crippen LogP contribution in [0.4, 0.5) is 0 Å². The van der Waals surface area contributed by atoms with Gasteiger partial charge in [0.05, 0.1) is 7.11 Å². The van der Waals surface area contributed by atoms with Gasteiger partial charge in [-0.15, -0.1) is 0 Å². The van der Waals surface area contributed by atoms with Gasteiger partial charge in [0.1, 0.15) is 17.2 Å². The van der Waals surface area contributed by atoms with Crippen LogP contribution < -0.4 is 9.47 Å². The molecule has 5 rings (SSSR count). The molecular weight excluding hydrogens is 457 g/mol. The molecule has 0 radical (unpaired) electrons. The lowest BCUT2D eigenvalue weighted by Gasteiger charge is -2.13. The molecule has 4 aromatic rings. The van der Waals surface area contributed by atoms with Crippen LogP contribution in [0.2, 0.25) is 5.02 Å². The summed E-state index contributed by atoms with van der Waals surface area (Å²) in [6, 6.07) is 23.2. The Morgan fingerprint density at radius 3 is 2.15 bits per heavy atom. The van der Waals surface area contributed by atoms with Crippen molar-refractivity contribution in [1.29, 1.82) is 0 Å². The summed E-state index contributed by atoms with van der Waals surface area (Å²) >= 11 is 11.1. The Morgan fingerprint density at radius 2 is 1.52 bits per heavy atom. The number of halogens is 2. The Labute approximate surface area is 203 Å². The SMILES string of the molecule is COc1ccc(C(=O)Cl)cc1.Clc1ccc(Oc2ccc3c(ccn3C3CCCC3)c2)cc1. The molecule has 0 N–H and O–H groups in total. The molecule has 4 nitrogen and oxygen atoms in total. The van der Waals surface area contributed by atoms with E-state index in [-0.39, 0.29) is 0 Å². The van der Waals surface area contributed by atoms with Crippen molar-refractivity contribution in [3.8, 4) is 17.2 Å². The number of carbonyl (C=O) groups excluding carboxylic acids is 1. The molecule has 0 unspecified atom stereocenters. The van der Waals surface area contributed by atoms with Crippen LogP contribution in [0.25, 0.3) is 10.9 Å². The second kappa shape index (κ2) is 10.8. The zero-order valence-electron chi connectivity index (χ0n) is 18.3. The summed E-state index contributed by atoms with van der Waals surface area (Å²) in [5.41, 5.74) is 1.78. The Bertz CT molecular complexity index is 1210. The Balaban J connectivity index is 0.000000200. The molecule has 1 aliphatic rings. The van der Waals surface area contributed by atoms with Crippen LogP contribution in [0.3, 0.4) is 0 Å². The summed E-state index contributed by atoms with van der Waals surface area (Å²) in [6.07, 6.45) is 7.51. The fourth-order valence-corrected chi connectivity index (χ4v) is 4.32. The van der Waals surface area contributed by atoms with Gasteiger partial charge < -0.3 is 14.0 Å². The summed E-state index contributed by atoms with van der Waals surface area (Å²) in [6.45, 7) is 0. The second-order valence-corrected chi connectivity index (χ2v) is 8.72. The van der Waals surface area contributed by atoms with E-state index in [1.165, 1.54) is 36.6 Å². The molecule has 170 valence electrons. The first kappa shape index (κ1) is 23.2. The van der Waals surface area contributed by atoms with E-state index in [4.69, 9.17) is 32.7 Å². The predicted molar refractivity (Wildman–Crippen MR) is 134 cm³/mol. The van der Waals surface area contributed by atoms with Gasteiger partial charge in [-0.25, -0.2) is 0 Å². The molecule has 6 heteroatoms. The number of benzene rings is 3. The lowest BCUT2D eigenvalue weighted by molar-refractivity contribution is 0.108. The van der Waals surface area contributed by atoms with Crippen LogP contribution in [0, 0.1) is 0 Å². The summed E-state index contributed by atoms with van der Waals surface area (Å²) < 4.78 is 13.2. The standard InChI is InChI=1S/C19H18ClNO.C8H7ClO2/c20-15-5-7-17(8-6-15)22-18-9-10-19-14(13-18)11-12-21(19)16-3-1-2-4-16;1-11-7-4-2-6(3-5-7)8(9)10/h5-13,16H,1-4H2;2-5H,1H3. The molecular formula is C27H25Cl2NO3. The maximum Gasteiger partial charge on any atom is 0.252 e. The number of aromatic nitrogens is 1. The summed E-state index contributed by atoms with van der Waals surface area (Å²) in [5, 5.41) is 1.50. The van der Waals surface area contributed by atoms with Gasteiger partial charge in [0.25, 0.3) is 5.24 Å². The highest BCUT2D eigenvalue weighted by molar-refractivity contribution is 6.67. The summed E-state index contributed by atoms with van der Waals surface area (Å²) in [4.78, 5) is 10.6. The van der Waals surface area contributed by atoms with E-state index >= 15 is 0 Å². The first-order valence-corrected chi connectivity index (χ1v) is 11.7. The molecule has 1 heterocycles. The first-order valence-electron chi connectivity index (χ1n) is 10.9. The molecule has 0 amide bonds. The van der Waals surface area contributed by atoms with Crippen LogP contribution >= 0.6 is 23.2 Å². The number of rotatable bonds is 5. The highest BCUT2D eigenvalue weighted by atomic mass is 35.5. The maximum absolute atomic E-state index is 10.6. The minimum Gasteiger partial charge on any atom is -0.497 e. The topological polar surface area (TPSA) is 40.5 Å². The average Bonchev–Trinajstić information content (AvgIpc) is 3.50. The fraction of sp³-hybridized carbons (Fsp3) is 0.222. The molecule has 1 fully saturated rings. The lowest BCUT2D eigenvalue weighted by Crippen LogP contribution is -2.02. The zero-order valence-corrected chi connectivity index (χ0v) is 19.9. The average molecular weight is 482 g/mol. The van der Waals surface area contributed by atoms with Crippen LogP contribution in [-0.2, 0) is 0 Å². The molecule has 0 bridgehead atoms. The number of carbonyl (C=O) groups is 1. The van der Waals surface area contributed by atoms with Gasteiger partial charge >= 0.3 is 0 Å². The van der Waals surface area contributed by atoms with Gasteiger partial charge in [-0.05, 0) is 97.2 Å². The van der Waals surface area contributed by atoms with E-state index in [1.807, 2.05) is 30.3 Å². The third-order valence-corrected chi connectivity index (χ3v) is 6.25. The van der Waals surface area contributed by atoms with Crippen LogP contribution in [-0.4, -0.2) is 16.9 Å². The van der Waals surface area contributed by atoms with Crippen molar-refractivity contribution in [3.63, 3.8) is 0 Å². The minimum absolute atomic E-state index is 0.451. The van der Waals surface area contributed by atoms with E-state index in [9.17, 15) is 4.79 Å². The molecule has 0 spiro atoms. The Hall–Kier alpha value is -2.95. The molecule has 1 aliphatic carbocycles. The molecule has 3 aromatic carbocycles. The van der Waals surface area contributed by atoms with Gasteiger partial charge in [-0.1, -0.05) is 24.4 Å². The third kappa shape index (κ3) is 5.89. The Morgan fingerprint density at radius 1 is 0.879 bits per heavy atom. The van der Waals surface area contributed by atoms with Crippen molar-refractivity contribution in [3.05, 3.63) is 89.6 Å². The van der Waals surface area contributed by atoms with Crippen molar-refractivity contribution < 1.29 is 14.3 Å². The van der Waals surface area contributed by atoms with E-state index in [0.717, 1.165) is 16.5 Å². The smallest absolute Gasteiger partial charge is 0.252 e. The van der Waals surface area contributed by atoms with Gasteiger partial charge in [0.2, 0.25) is 0 Å². The van der Waals surface area contributed by atoms with Crippen LogP contribution in [0.5, 0.6) is 17.2 Å². The van der Waals surface area contributed by atoms with E-state index < -0.39 is 5.24 Å². The highest BCUT2D eigenvalue weighted by Gasteiger charge is 2.18. The quantitative estimate of drug-likeness (QED) is 0.269.